The van der Waals surface area contributed by atoms with Crippen molar-refractivity contribution in [3.8, 4) is 5.75 Å². The van der Waals surface area contributed by atoms with Crippen LogP contribution in [0.3, 0.4) is 0 Å². The number of carbonyl (C=O) groups is 1. The molecule has 0 aliphatic heterocycles. The summed E-state index contributed by atoms with van der Waals surface area (Å²) in [6, 6.07) is 3.79. The summed E-state index contributed by atoms with van der Waals surface area (Å²) in [4.78, 5) is 16.7. The molecule has 1 aromatic heterocycles. The number of hydrogen-bond acceptors (Lipinski definition) is 4. The van der Waals surface area contributed by atoms with Crippen LogP contribution in [-0.2, 0) is 6.42 Å². The first-order valence-corrected chi connectivity index (χ1v) is 6.99. The Bertz CT molecular complexity index is 617. The molecule has 0 saturated carbocycles. The molecule has 0 unspecified atom stereocenters. The van der Waals surface area contributed by atoms with Gasteiger partial charge in [-0.3, -0.25) is 4.79 Å². The van der Waals surface area contributed by atoms with Gasteiger partial charge in [-0.1, -0.05) is 6.07 Å². The average Bonchev–Trinajstić information content (AvgIpc) is 2.77. The Morgan fingerprint density at radius 3 is 2.63 bits per heavy atom. The van der Waals surface area contributed by atoms with Crippen molar-refractivity contribution in [2.24, 2.45) is 0 Å². The van der Waals surface area contributed by atoms with Gasteiger partial charge in [0.1, 0.15) is 10.8 Å². The molecule has 3 nitrogen and oxygen atoms in total. The number of nitrogens with zero attached hydrogens (tertiary/aromatic N) is 1. The van der Waals surface area contributed by atoms with Gasteiger partial charge in [-0.05, 0) is 38.0 Å². The molecule has 100 valence electrons. The molecule has 19 heavy (non-hydrogen) atoms. The molecule has 0 aliphatic carbocycles. The number of aryl methyl sites for hydroxylation is 2. The molecule has 0 amide bonds. The third-order valence-corrected chi connectivity index (χ3v) is 4.13. The third kappa shape index (κ3) is 2.84. The molecule has 2 aromatic rings. The summed E-state index contributed by atoms with van der Waals surface area (Å²) in [5, 5.41) is 2.81. The van der Waals surface area contributed by atoms with E-state index in [1.807, 2.05) is 38.3 Å². The lowest BCUT2D eigenvalue weighted by Gasteiger charge is -2.12. The van der Waals surface area contributed by atoms with Crippen LogP contribution in [0.25, 0.3) is 0 Å². The highest BCUT2D eigenvalue weighted by atomic mass is 32.1. The monoisotopic (exact) mass is 275 g/mol. The molecule has 4 heteroatoms. The maximum Gasteiger partial charge on any atom is 0.173 e. The normalized spacial score (nSPS) is 10.5. The molecule has 1 aromatic carbocycles. The number of ether oxygens (including phenoxy) is 1. The van der Waals surface area contributed by atoms with Crippen LogP contribution in [0.5, 0.6) is 5.75 Å². The van der Waals surface area contributed by atoms with Crippen molar-refractivity contribution in [1.82, 2.24) is 4.98 Å². The molecule has 0 saturated heterocycles. The van der Waals surface area contributed by atoms with Gasteiger partial charge in [-0.15, -0.1) is 11.3 Å². The minimum atomic E-state index is 0.0503. The summed E-state index contributed by atoms with van der Waals surface area (Å²) in [7, 11) is 1.60. The van der Waals surface area contributed by atoms with E-state index in [0.717, 1.165) is 21.8 Å². The Balaban J connectivity index is 2.31. The number of thiazole rings is 1. The molecule has 0 bridgehead atoms. The first-order chi connectivity index (χ1) is 9.02. The Kier molecular flexibility index (Phi) is 4.00. The van der Waals surface area contributed by atoms with Crippen molar-refractivity contribution in [1.29, 1.82) is 0 Å². The number of hydrogen-bond donors (Lipinski definition) is 0. The first-order valence-electron chi connectivity index (χ1n) is 6.11. The Morgan fingerprint density at radius 1 is 1.32 bits per heavy atom. The SMILES string of the molecule is COc1c(C(=O)Cc2nc(C)cs2)ccc(C)c1C. The van der Waals surface area contributed by atoms with Crippen LogP contribution in [0.1, 0.15) is 32.2 Å². The van der Waals surface area contributed by atoms with E-state index < -0.39 is 0 Å². The van der Waals surface area contributed by atoms with Crippen molar-refractivity contribution < 1.29 is 9.53 Å². The Morgan fingerprint density at radius 2 is 2.05 bits per heavy atom. The van der Waals surface area contributed by atoms with Crippen LogP contribution in [0, 0.1) is 20.8 Å². The maximum atomic E-state index is 12.4. The zero-order valence-corrected chi connectivity index (χ0v) is 12.4. The summed E-state index contributed by atoms with van der Waals surface area (Å²) < 4.78 is 5.38. The Hall–Kier alpha value is -1.68. The standard InChI is InChI=1S/C15H17NO2S/c1-9-5-6-12(15(18-4)11(9)3)13(17)7-14-16-10(2)8-19-14/h5-6,8H,7H2,1-4H3. The lowest BCUT2D eigenvalue weighted by molar-refractivity contribution is 0.0990. The van der Waals surface area contributed by atoms with Gasteiger partial charge in [-0.25, -0.2) is 4.98 Å². The van der Waals surface area contributed by atoms with Gasteiger partial charge < -0.3 is 4.74 Å². The average molecular weight is 275 g/mol. The van der Waals surface area contributed by atoms with Gasteiger partial charge in [-0.2, -0.15) is 0 Å². The van der Waals surface area contributed by atoms with E-state index in [1.54, 1.807) is 7.11 Å². The summed E-state index contributed by atoms with van der Waals surface area (Å²) in [5.41, 5.74) is 3.74. The van der Waals surface area contributed by atoms with Gasteiger partial charge in [0.15, 0.2) is 5.78 Å². The van der Waals surface area contributed by atoms with Crippen molar-refractivity contribution in [2.75, 3.05) is 7.11 Å². The molecule has 0 radical (unpaired) electrons. The Labute approximate surface area is 117 Å². The fourth-order valence-corrected chi connectivity index (χ4v) is 2.76. The molecule has 0 spiro atoms. The lowest BCUT2D eigenvalue weighted by atomic mass is 10.0. The van der Waals surface area contributed by atoms with Gasteiger partial charge in [0.2, 0.25) is 0 Å². The van der Waals surface area contributed by atoms with E-state index in [0.29, 0.717) is 17.7 Å². The predicted octanol–water partition coefficient (Wildman–Crippen LogP) is 3.50. The van der Waals surface area contributed by atoms with Crippen LogP contribution in [0.15, 0.2) is 17.5 Å². The number of rotatable bonds is 4. The highest BCUT2D eigenvalue weighted by molar-refractivity contribution is 7.09. The first kappa shape index (κ1) is 13.7. The van der Waals surface area contributed by atoms with Gasteiger partial charge >= 0.3 is 0 Å². The fraction of sp³-hybridized carbons (Fsp3) is 0.333. The quantitative estimate of drug-likeness (QED) is 0.802. The summed E-state index contributed by atoms with van der Waals surface area (Å²) in [6.45, 7) is 5.91. The highest BCUT2D eigenvalue weighted by Gasteiger charge is 2.17. The zero-order valence-electron chi connectivity index (χ0n) is 11.6. The molecule has 2 rings (SSSR count). The smallest absolute Gasteiger partial charge is 0.173 e. The number of carbonyl (C=O) groups excluding carboxylic acids is 1. The van der Waals surface area contributed by atoms with Crippen LogP contribution in [-0.4, -0.2) is 17.9 Å². The van der Waals surface area contributed by atoms with Gasteiger partial charge in [0.05, 0.1) is 19.1 Å². The minimum absolute atomic E-state index is 0.0503. The summed E-state index contributed by atoms with van der Waals surface area (Å²) in [6.07, 6.45) is 0.331. The van der Waals surface area contributed by atoms with Gasteiger partial charge in [0, 0.05) is 11.1 Å². The number of aromatic nitrogens is 1. The predicted molar refractivity (Wildman–Crippen MR) is 77.4 cm³/mol. The second-order valence-corrected chi connectivity index (χ2v) is 5.51. The summed E-state index contributed by atoms with van der Waals surface area (Å²) >= 11 is 1.52. The van der Waals surface area contributed by atoms with Crippen LogP contribution >= 0.6 is 11.3 Å². The third-order valence-electron chi connectivity index (χ3n) is 3.16. The molecule has 0 atom stereocenters. The molecule has 0 N–H and O–H groups in total. The van der Waals surface area contributed by atoms with Crippen molar-refractivity contribution in [3.05, 3.63) is 44.9 Å². The number of ketones is 1. The van der Waals surface area contributed by atoms with Crippen molar-refractivity contribution in [2.45, 2.75) is 27.2 Å². The van der Waals surface area contributed by atoms with Crippen LogP contribution < -0.4 is 4.74 Å². The molecular weight excluding hydrogens is 258 g/mol. The van der Waals surface area contributed by atoms with Crippen LogP contribution in [0.2, 0.25) is 0 Å². The summed E-state index contributed by atoms with van der Waals surface area (Å²) in [5.74, 6) is 0.729. The van der Waals surface area contributed by atoms with E-state index in [9.17, 15) is 4.79 Å². The molecule has 1 heterocycles. The van der Waals surface area contributed by atoms with E-state index in [2.05, 4.69) is 4.98 Å². The van der Waals surface area contributed by atoms with E-state index in [-0.39, 0.29) is 5.78 Å². The minimum Gasteiger partial charge on any atom is -0.496 e. The molecule has 0 aliphatic rings. The van der Waals surface area contributed by atoms with Crippen molar-refractivity contribution >= 4 is 17.1 Å². The molecule has 0 fully saturated rings. The van der Waals surface area contributed by atoms with Gasteiger partial charge in [0.25, 0.3) is 0 Å². The number of benzene rings is 1. The second-order valence-electron chi connectivity index (χ2n) is 4.57. The second kappa shape index (κ2) is 5.53. The van der Waals surface area contributed by atoms with E-state index in [4.69, 9.17) is 4.74 Å². The lowest BCUT2D eigenvalue weighted by Crippen LogP contribution is -2.07. The van der Waals surface area contributed by atoms with E-state index >= 15 is 0 Å². The maximum absolute atomic E-state index is 12.4. The number of Topliss-reactive ketones (excluding diaryl/α,β-unsaturated/α-hetero) is 1. The topological polar surface area (TPSA) is 39.2 Å². The van der Waals surface area contributed by atoms with Crippen molar-refractivity contribution in [3.63, 3.8) is 0 Å². The largest absolute Gasteiger partial charge is 0.496 e. The fourth-order valence-electron chi connectivity index (χ4n) is 1.99. The van der Waals surface area contributed by atoms with E-state index in [1.165, 1.54) is 11.3 Å². The molecular formula is C15H17NO2S. The van der Waals surface area contributed by atoms with Crippen LogP contribution in [0.4, 0.5) is 0 Å². The number of methoxy groups -OCH3 is 1. The highest BCUT2D eigenvalue weighted by Crippen LogP contribution is 2.27. The zero-order chi connectivity index (χ0) is 14.0.